The third-order valence-corrected chi connectivity index (χ3v) is 5.27. The van der Waals surface area contributed by atoms with Crippen LogP contribution in [0.2, 0.25) is 0 Å². The van der Waals surface area contributed by atoms with Crippen molar-refractivity contribution in [1.29, 1.82) is 0 Å². The molecule has 0 aliphatic carbocycles. The van der Waals surface area contributed by atoms with Gasteiger partial charge in [-0.1, -0.05) is 27.7 Å². The molecule has 13 heteroatoms. The van der Waals surface area contributed by atoms with Crippen molar-refractivity contribution in [3.63, 3.8) is 0 Å². The van der Waals surface area contributed by atoms with Crippen LogP contribution in [0.4, 0.5) is 4.79 Å². The first-order valence-electron chi connectivity index (χ1n) is 11.6. The number of nitrogens with one attached hydrogen (secondary N) is 2. The summed E-state index contributed by atoms with van der Waals surface area (Å²) in [6, 6.07) is -0.538. The molecular weight excluding hydrogens is 590 g/mol. The molecule has 197 valence electrons. The Morgan fingerprint density at radius 2 is 1.09 bits per heavy atom. The molecule has 3 amide bonds. The molecular formula is C21H42GdN6O6+3. The van der Waals surface area contributed by atoms with Gasteiger partial charge in [-0.15, -0.1) is 0 Å². The van der Waals surface area contributed by atoms with E-state index in [1.54, 1.807) is 0 Å². The molecule has 1 radical (unpaired) electrons. The monoisotopic (exact) mass is 632 g/mol. The van der Waals surface area contributed by atoms with E-state index in [1.807, 2.05) is 27.7 Å². The molecule has 0 rings (SSSR count). The molecule has 0 unspecified atom stereocenters. The van der Waals surface area contributed by atoms with Crippen LogP contribution in [0.25, 0.3) is 0 Å². The Labute approximate surface area is 235 Å². The van der Waals surface area contributed by atoms with Crippen LogP contribution in [0.5, 0.6) is 0 Å². The second kappa shape index (κ2) is 21.2. The summed E-state index contributed by atoms with van der Waals surface area (Å²) in [7, 11) is 0. The first kappa shape index (κ1) is 35.0. The first-order valence-corrected chi connectivity index (χ1v) is 11.6. The van der Waals surface area contributed by atoms with E-state index in [0.717, 1.165) is 31.1 Å². The molecule has 0 aliphatic heterocycles. The van der Waals surface area contributed by atoms with E-state index in [1.165, 1.54) is 4.90 Å². The van der Waals surface area contributed by atoms with Gasteiger partial charge in [0.15, 0.2) is 0 Å². The van der Waals surface area contributed by atoms with Gasteiger partial charge in [-0.25, -0.2) is 4.79 Å². The zero-order valence-electron chi connectivity index (χ0n) is 20.9. The minimum absolute atomic E-state index is 0. The van der Waals surface area contributed by atoms with Crippen LogP contribution >= 0.6 is 0 Å². The van der Waals surface area contributed by atoms with Gasteiger partial charge in [0.05, 0.1) is 13.1 Å². The predicted molar refractivity (Wildman–Crippen MR) is 125 cm³/mol. The molecule has 0 bridgehead atoms. The quantitative estimate of drug-likeness (QED) is 0.145. The SMILES string of the molecule is CCN(CC)CCNC(=O)CN(CCN(CC(=O)O)C(=O)NCCN(CC)CC)CC(=O)O.[Gd+3]. The number of nitrogens with zero attached hydrogens (tertiary/aromatic N) is 4. The fourth-order valence-electron chi connectivity index (χ4n) is 3.21. The molecule has 0 saturated heterocycles. The molecule has 0 aromatic heterocycles. The number of carboxylic acids is 2. The molecule has 0 aromatic carbocycles. The van der Waals surface area contributed by atoms with E-state index in [9.17, 15) is 24.3 Å². The van der Waals surface area contributed by atoms with Gasteiger partial charge in [0, 0.05) is 39.3 Å². The maximum Gasteiger partial charge on any atom is 3.00 e. The van der Waals surface area contributed by atoms with Crippen molar-refractivity contribution < 1.29 is 69.3 Å². The second-order valence-corrected chi connectivity index (χ2v) is 7.56. The van der Waals surface area contributed by atoms with Gasteiger partial charge < -0.3 is 35.5 Å². The van der Waals surface area contributed by atoms with Gasteiger partial charge in [0.25, 0.3) is 0 Å². The van der Waals surface area contributed by atoms with E-state index in [-0.39, 0.29) is 65.5 Å². The number of aliphatic carboxylic acids is 2. The Kier molecular flexibility index (Phi) is 21.8. The molecule has 0 heterocycles. The predicted octanol–water partition coefficient (Wildman–Crippen LogP) is -0.731. The largest absolute Gasteiger partial charge is 3.00 e. The van der Waals surface area contributed by atoms with Crippen LogP contribution in [0, 0.1) is 39.9 Å². The van der Waals surface area contributed by atoms with Crippen molar-refractivity contribution in [2.75, 3.05) is 85.1 Å². The summed E-state index contributed by atoms with van der Waals surface area (Å²) in [6.07, 6.45) is 0. The fourth-order valence-corrected chi connectivity index (χ4v) is 3.21. The number of likely N-dealkylation sites (N-methyl/N-ethyl adjacent to an activating group) is 2. The average Bonchev–Trinajstić information content (AvgIpc) is 2.76. The number of hydrogen-bond donors (Lipinski definition) is 4. The van der Waals surface area contributed by atoms with Crippen LogP contribution in [-0.4, -0.2) is 139 Å². The second-order valence-electron chi connectivity index (χ2n) is 7.56. The van der Waals surface area contributed by atoms with E-state index < -0.39 is 31.1 Å². The van der Waals surface area contributed by atoms with Crippen molar-refractivity contribution in [2.24, 2.45) is 0 Å². The smallest absolute Gasteiger partial charge is 0.480 e. The Morgan fingerprint density at radius 1 is 0.618 bits per heavy atom. The Balaban J connectivity index is 0. The van der Waals surface area contributed by atoms with Gasteiger partial charge in [0.2, 0.25) is 5.91 Å². The van der Waals surface area contributed by atoms with Gasteiger partial charge in [-0.3, -0.25) is 19.3 Å². The molecule has 12 nitrogen and oxygen atoms in total. The summed E-state index contributed by atoms with van der Waals surface area (Å²) in [5.41, 5.74) is 0. The Bertz CT molecular complexity index is 604. The number of carbonyl (C=O) groups excluding carboxylic acids is 2. The van der Waals surface area contributed by atoms with E-state index in [4.69, 9.17) is 5.11 Å². The summed E-state index contributed by atoms with van der Waals surface area (Å²) in [5, 5.41) is 23.8. The van der Waals surface area contributed by atoms with Gasteiger partial charge >= 0.3 is 57.9 Å². The summed E-state index contributed by atoms with van der Waals surface area (Å²) in [4.78, 5) is 53.9. The minimum Gasteiger partial charge on any atom is -0.480 e. The van der Waals surface area contributed by atoms with Gasteiger partial charge in [0.1, 0.15) is 6.54 Å². The van der Waals surface area contributed by atoms with E-state index in [0.29, 0.717) is 26.2 Å². The molecule has 0 aromatic rings. The van der Waals surface area contributed by atoms with Crippen LogP contribution < -0.4 is 10.6 Å². The molecule has 0 atom stereocenters. The van der Waals surface area contributed by atoms with E-state index >= 15 is 0 Å². The van der Waals surface area contributed by atoms with Crippen LogP contribution in [0.3, 0.4) is 0 Å². The molecule has 34 heavy (non-hydrogen) atoms. The molecule has 0 fully saturated rings. The first-order chi connectivity index (χ1) is 15.7. The zero-order valence-corrected chi connectivity index (χ0v) is 23.1. The van der Waals surface area contributed by atoms with Crippen molar-refractivity contribution >= 4 is 23.9 Å². The minimum atomic E-state index is -1.17. The maximum atomic E-state index is 12.5. The number of hydrogen-bond acceptors (Lipinski definition) is 7. The molecule has 0 spiro atoms. The summed E-state index contributed by atoms with van der Waals surface area (Å²) >= 11 is 0. The Hall–Kier alpha value is -1.12. The topological polar surface area (TPSA) is 146 Å². The zero-order chi connectivity index (χ0) is 25.2. The molecule has 0 aliphatic rings. The molecule has 4 N–H and O–H groups in total. The number of rotatable bonds is 19. The van der Waals surface area contributed by atoms with Gasteiger partial charge in [-0.05, 0) is 26.2 Å². The van der Waals surface area contributed by atoms with Crippen molar-refractivity contribution in [3.8, 4) is 0 Å². The van der Waals surface area contributed by atoms with Crippen LogP contribution in [0.1, 0.15) is 27.7 Å². The standard InChI is InChI=1S/C21H42N6O6.Gd/c1-5-24(6-2)11-9-22-18(28)15-26(16-19(29)30)13-14-27(17-20(31)32)21(33)23-10-12-25(7-3)8-4;/h5-17H2,1-4H3,(H,22,28)(H,23,33)(H,29,30)(H,31,32);/q;+3. The number of urea groups is 1. The summed E-state index contributed by atoms with van der Waals surface area (Å²) in [5.74, 6) is -2.61. The number of amides is 3. The Morgan fingerprint density at radius 3 is 1.53 bits per heavy atom. The number of carboxylic acid groups (broad SMARTS) is 2. The third kappa shape index (κ3) is 17.3. The third-order valence-electron chi connectivity index (χ3n) is 5.27. The van der Waals surface area contributed by atoms with Crippen LogP contribution in [-0.2, 0) is 14.4 Å². The normalized spacial score (nSPS) is 10.8. The van der Waals surface area contributed by atoms with E-state index in [2.05, 4.69) is 20.4 Å². The summed E-state index contributed by atoms with van der Waals surface area (Å²) < 4.78 is 0. The van der Waals surface area contributed by atoms with Crippen molar-refractivity contribution in [3.05, 3.63) is 0 Å². The van der Waals surface area contributed by atoms with Crippen molar-refractivity contribution in [1.82, 2.24) is 30.2 Å². The van der Waals surface area contributed by atoms with Crippen LogP contribution in [0.15, 0.2) is 0 Å². The fraction of sp³-hybridized carbons (Fsp3) is 0.810. The molecule has 0 saturated carbocycles. The van der Waals surface area contributed by atoms with Gasteiger partial charge in [-0.2, -0.15) is 0 Å². The maximum absolute atomic E-state index is 12.5. The number of carbonyl (C=O) groups is 4. The average molecular weight is 632 g/mol. The summed E-state index contributed by atoms with van der Waals surface area (Å²) in [6.45, 7) is 12.6. The van der Waals surface area contributed by atoms with Crippen molar-refractivity contribution in [2.45, 2.75) is 27.7 Å².